The second kappa shape index (κ2) is 33.0. The molecule has 5 aromatic heterocycles. The van der Waals surface area contributed by atoms with Crippen LogP contribution in [0.4, 0.5) is 35.0 Å². The number of amides is 2. The van der Waals surface area contributed by atoms with E-state index in [1.807, 2.05) is 112 Å². The molecule has 0 radical (unpaired) electrons. The van der Waals surface area contributed by atoms with Gasteiger partial charge in [-0.1, -0.05) is 41.5 Å². The Hall–Kier alpha value is -9.05. The number of aromatic nitrogens is 7. The summed E-state index contributed by atoms with van der Waals surface area (Å²) >= 11 is 0. The summed E-state index contributed by atoms with van der Waals surface area (Å²) in [4.78, 5) is 43.4. The second-order valence-corrected chi connectivity index (χ2v) is 26.4. The van der Waals surface area contributed by atoms with Crippen molar-refractivity contribution in [2.75, 3.05) is 60.6 Å². The summed E-state index contributed by atoms with van der Waals surface area (Å²) in [5.41, 5.74) is 14.5. The summed E-state index contributed by atoms with van der Waals surface area (Å²) in [6, 6.07) is 20.4. The summed E-state index contributed by atoms with van der Waals surface area (Å²) in [5, 5.41) is 15.6. The number of nitrogens with one attached hydrogen (secondary N) is 2. The SMILES string of the molecule is CC(C)n1nc(S(N)(=O)=O)cc1CN(C)C.COc1cc(-c2cc(F)cc(C(C)C)c2N)ccn1.COc1cc(-c2cc(F)cc(C(C)C)c2N=C=O)ccn1.COc1cc(-c2cc(F)cc(C(C)C)c2NC(=O)NS(=O)(=O)c2cc(CN(C)C)n(C(C)C)n2)ccn1. The van der Waals surface area contributed by atoms with Gasteiger partial charge in [0.15, 0.2) is 10.1 Å². The Morgan fingerprint density at radius 3 is 1.38 bits per heavy atom. The van der Waals surface area contributed by atoms with E-state index in [2.05, 4.69) is 35.5 Å². The maximum Gasteiger partial charge on any atom is 0.333 e. The average Bonchev–Trinajstić information content (AvgIpc) is 1.76. The fourth-order valence-corrected chi connectivity index (χ4v) is 10.9. The van der Waals surface area contributed by atoms with E-state index < -0.39 is 31.9 Å². The highest BCUT2D eigenvalue weighted by atomic mass is 32.2. The summed E-state index contributed by atoms with van der Waals surface area (Å²) in [7, 11) is 4.03. The van der Waals surface area contributed by atoms with Crippen LogP contribution in [0.1, 0.15) is 127 Å². The number of benzene rings is 3. The molecule has 8 aromatic rings. The molecule has 28 heteroatoms. The van der Waals surface area contributed by atoms with Crippen LogP contribution in [-0.2, 0) is 37.9 Å². The number of halogens is 3. The largest absolute Gasteiger partial charge is 0.481 e. The van der Waals surface area contributed by atoms with Crippen molar-refractivity contribution in [2.24, 2.45) is 10.1 Å². The van der Waals surface area contributed by atoms with Gasteiger partial charge in [0.05, 0.1) is 44.1 Å². The molecule has 3 aromatic carbocycles. The topological polar surface area (TPSA) is 299 Å². The Balaban J connectivity index is 0.000000239. The zero-order chi connectivity index (χ0) is 69.4. The van der Waals surface area contributed by atoms with Crippen molar-refractivity contribution in [3.63, 3.8) is 0 Å². The van der Waals surface area contributed by atoms with Crippen LogP contribution >= 0.6 is 0 Å². The van der Waals surface area contributed by atoms with Gasteiger partial charge in [-0.05, 0) is 162 Å². The lowest BCUT2D eigenvalue weighted by atomic mass is 9.94. The highest BCUT2D eigenvalue weighted by Gasteiger charge is 2.27. The molecule has 0 saturated carbocycles. The molecule has 500 valence electrons. The summed E-state index contributed by atoms with van der Waals surface area (Å²) in [6.07, 6.45) is 6.22. The minimum absolute atomic E-state index is 0.0234. The Morgan fingerprint density at radius 1 is 0.581 bits per heavy atom. The van der Waals surface area contributed by atoms with Crippen LogP contribution in [-0.4, -0.2) is 123 Å². The molecule has 0 bridgehead atoms. The normalized spacial score (nSPS) is 11.4. The molecule has 0 aliphatic carbocycles. The van der Waals surface area contributed by atoms with Crippen molar-refractivity contribution < 1.29 is 53.8 Å². The van der Waals surface area contributed by atoms with Crippen molar-refractivity contribution in [1.82, 2.24) is 49.0 Å². The van der Waals surface area contributed by atoms with Crippen LogP contribution in [0.5, 0.6) is 17.6 Å². The number of carbonyl (C=O) groups is 1. The maximum absolute atomic E-state index is 14.6. The summed E-state index contributed by atoms with van der Waals surface area (Å²) in [5.74, 6) is 0.0313. The van der Waals surface area contributed by atoms with Gasteiger partial charge in [0.1, 0.15) is 17.5 Å². The Bertz CT molecular complexity index is 4170. The first-order chi connectivity index (χ1) is 43.6. The van der Waals surface area contributed by atoms with Crippen LogP contribution in [0.15, 0.2) is 119 Å². The van der Waals surface area contributed by atoms with E-state index in [1.165, 1.54) is 68.9 Å². The van der Waals surface area contributed by atoms with Crippen molar-refractivity contribution >= 4 is 49.2 Å². The van der Waals surface area contributed by atoms with E-state index in [4.69, 9.17) is 25.1 Å². The first kappa shape index (κ1) is 74.7. The minimum Gasteiger partial charge on any atom is -0.481 e. The number of carbonyl (C=O) groups excluding carboxylic acids is 2. The van der Waals surface area contributed by atoms with E-state index >= 15 is 0 Å². The van der Waals surface area contributed by atoms with Gasteiger partial charge in [-0.2, -0.15) is 23.6 Å². The van der Waals surface area contributed by atoms with Crippen molar-refractivity contribution in [3.8, 4) is 51.0 Å². The van der Waals surface area contributed by atoms with Gasteiger partial charge in [0, 0.05) is 96.5 Å². The van der Waals surface area contributed by atoms with Crippen LogP contribution in [0.25, 0.3) is 33.4 Å². The molecule has 5 heterocycles. The second-order valence-electron chi connectivity index (χ2n) is 23.3. The average molecular weight is 1330 g/mol. The number of rotatable bonds is 20. The molecular formula is C65H83F3N14O9S2. The molecule has 23 nitrogen and oxygen atoms in total. The van der Waals surface area contributed by atoms with Crippen molar-refractivity contribution in [1.29, 1.82) is 0 Å². The monoisotopic (exact) mass is 1320 g/mol. The zero-order valence-electron chi connectivity index (χ0n) is 55.4. The number of anilines is 2. The van der Waals surface area contributed by atoms with Gasteiger partial charge in [0.25, 0.3) is 20.0 Å². The van der Waals surface area contributed by atoms with E-state index in [0.717, 1.165) is 16.8 Å². The highest BCUT2D eigenvalue weighted by Crippen LogP contribution is 2.40. The number of urea groups is 1. The lowest BCUT2D eigenvalue weighted by molar-refractivity contribution is 0.256. The van der Waals surface area contributed by atoms with E-state index in [1.54, 1.807) is 71.3 Å². The lowest BCUT2D eigenvalue weighted by Crippen LogP contribution is -2.35. The number of ether oxygens (including phenoxy) is 3. The summed E-state index contributed by atoms with van der Waals surface area (Å²) < 4.78 is 111. The van der Waals surface area contributed by atoms with Gasteiger partial charge >= 0.3 is 6.03 Å². The van der Waals surface area contributed by atoms with E-state index in [0.29, 0.717) is 86.7 Å². The number of methoxy groups -OCH3 is 3. The molecule has 0 fully saturated rings. The third kappa shape index (κ3) is 20.5. The molecule has 6 N–H and O–H groups in total. The van der Waals surface area contributed by atoms with Crippen LogP contribution in [0.3, 0.4) is 0 Å². The fourth-order valence-electron chi connectivity index (χ4n) is 9.50. The number of sulfonamides is 2. The number of nitrogens with zero attached hydrogens (tertiary/aromatic N) is 10. The molecule has 8 rings (SSSR count). The quantitative estimate of drug-likeness (QED) is 0.0313. The molecule has 0 saturated heterocycles. The van der Waals surface area contributed by atoms with Gasteiger partial charge < -0.3 is 35.1 Å². The lowest BCUT2D eigenvalue weighted by Gasteiger charge is -2.19. The smallest absolute Gasteiger partial charge is 0.333 e. The molecule has 0 aliphatic rings. The molecule has 0 unspecified atom stereocenters. The van der Waals surface area contributed by atoms with Gasteiger partial charge in [0.2, 0.25) is 23.7 Å². The maximum atomic E-state index is 14.6. The van der Waals surface area contributed by atoms with E-state index in [9.17, 15) is 39.6 Å². The number of nitrogen functional groups attached to an aromatic ring is 1. The molecular weight excluding hydrogens is 1240 g/mol. The first-order valence-corrected chi connectivity index (χ1v) is 32.3. The predicted molar refractivity (Wildman–Crippen MR) is 354 cm³/mol. The third-order valence-electron chi connectivity index (χ3n) is 13.8. The summed E-state index contributed by atoms with van der Waals surface area (Å²) in [6.45, 7) is 20.3. The molecule has 0 spiro atoms. The van der Waals surface area contributed by atoms with Crippen LogP contribution < -0.4 is 35.1 Å². The van der Waals surface area contributed by atoms with Crippen LogP contribution in [0, 0.1) is 17.5 Å². The van der Waals surface area contributed by atoms with Gasteiger partial charge in [-0.3, -0.25) is 9.36 Å². The molecule has 2 amide bonds. The van der Waals surface area contributed by atoms with Gasteiger partial charge in [-0.25, -0.2) is 56.0 Å². The number of aliphatic imine (C=N–C) groups is 1. The van der Waals surface area contributed by atoms with Crippen molar-refractivity contribution in [2.45, 2.75) is 122 Å². The standard InChI is InChI=1S/C25H33FN6O4S.C16H15FN2O2.C15H17FN2O.C9H18N4O2S/c1-15(2)20-11-18(26)12-21(17-8-9-27-22(10-17)36-7)24(20)28-25(33)30-37(34,35)23-13-19(14-31(5)6)32(29-23)16(3)4;1-10(2)13-7-12(17)8-14(16(13)19-9-20)11-4-5-18-15(6-11)21-3;1-9(2)12-7-11(16)8-13(15(12)17)10-4-5-18-14(6-10)19-3;1-7(2)13-8(6-12(3)4)5-9(11-13)16(10,14)15/h8-13,15-16H,14H2,1-7H3,(H2,28,30,33);4-8,10H,1-3H3;4-9H,17H2,1-3H3;5,7H,6H2,1-4H3,(H2,10,14,15). The predicted octanol–water partition coefficient (Wildman–Crippen LogP) is 12.1. The minimum atomic E-state index is -4.30. The van der Waals surface area contributed by atoms with E-state index in [-0.39, 0.29) is 57.2 Å². The van der Waals surface area contributed by atoms with Gasteiger partial charge in [-0.15, -0.1) is 0 Å². The van der Waals surface area contributed by atoms with Crippen LogP contribution in [0.2, 0.25) is 0 Å². The first-order valence-electron chi connectivity index (χ1n) is 29.3. The highest BCUT2D eigenvalue weighted by molar-refractivity contribution is 7.90. The van der Waals surface area contributed by atoms with Crippen molar-refractivity contribution in [3.05, 3.63) is 149 Å². The fraction of sp³-hybridized carbons (Fsp3) is 0.369. The Kier molecular flexibility index (Phi) is 26.5. The molecule has 93 heavy (non-hydrogen) atoms. The molecule has 0 aliphatic heterocycles. The number of hydrogen-bond acceptors (Lipinski definition) is 18. The molecule has 0 atom stereocenters. The number of pyridine rings is 3. The number of hydrogen-bond donors (Lipinski definition) is 4. The number of nitrogens with two attached hydrogens (primary N) is 2. The Morgan fingerprint density at radius 2 is 0.968 bits per heavy atom. The number of primary sulfonamides is 1. The number of isocyanates is 1. The Labute approximate surface area is 542 Å². The third-order valence-corrected chi connectivity index (χ3v) is 15.7. The zero-order valence-corrected chi connectivity index (χ0v) is 57.0.